The maximum absolute atomic E-state index is 12.9. The van der Waals surface area contributed by atoms with E-state index in [0.717, 1.165) is 16.8 Å². The van der Waals surface area contributed by atoms with Crippen LogP contribution >= 0.6 is 11.6 Å². The fourth-order valence-electron chi connectivity index (χ4n) is 3.32. The highest BCUT2D eigenvalue weighted by Crippen LogP contribution is 2.25. The molecule has 0 N–H and O–H groups in total. The monoisotopic (exact) mass is 386 g/mol. The maximum atomic E-state index is 12.9. The third-order valence-corrected chi connectivity index (χ3v) is 5.05. The van der Waals surface area contributed by atoms with Crippen molar-refractivity contribution in [3.05, 3.63) is 58.6 Å². The first kappa shape index (κ1) is 19.2. The van der Waals surface area contributed by atoms with E-state index >= 15 is 0 Å². The van der Waals surface area contributed by atoms with Gasteiger partial charge in [-0.2, -0.15) is 0 Å². The number of rotatable bonds is 4. The number of aryl methyl sites for hydroxylation is 2. The first-order valence-electron chi connectivity index (χ1n) is 8.93. The van der Waals surface area contributed by atoms with Crippen molar-refractivity contribution in [2.45, 2.75) is 26.8 Å². The zero-order valence-electron chi connectivity index (χ0n) is 15.7. The maximum Gasteiger partial charge on any atom is 0.261 e. The molecular weight excluding hydrogens is 364 g/mol. The van der Waals surface area contributed by atoms with E-state index < -0.39 is 6.04 Å². The molecule has 1 fully saturated rings. The molecule has 0 aliphatic carbocycles. The van der Waals surface area contributed by atoms with Gasteiger partial charge in [0.05, 0.1) is 0 Å². The van der Waals surface area contributed by atoms with Crippen LogP contribution in [-0.4, -0.2) is 42.5 Å². The van der Waals surface area contributed by atoms with Crippen LogP contribution in [0.5, 0.6) is 5.75 Å². The number of halogens is 1. The molecule has 1 saturated heterocycles. The molecule has 0 bridgehead atoms. The number of nitrogens with zero attached hydrogens (tertiary/aromatic N) is 2. The Bertz CT molecular complexity index is 851. The average molecular weight is 387 g/mol. The predicted octanol–water partition coefficient (Wildman–Crippen LogP) is 3.60. The molecule has 0 spiro atoms. The van der Waals surface area contributed by atoms with Crippen molar-refractivity contribution < 1.29 is 14.3 Å². The summed E-state index contributed by atoms with van der Waals surface area (Å²) >= 11 is 5.84. The standard InChI is InChI=1S/C21H23ClN2O3/c1-14-4-9-19(15(2)12-14)24-11-10-23(16(3)21(24)26)20(25)13-27-18-7-5-17(22)6-8-18/h4-9,12,16H,10-11,13H2,1-3H3. The van der Waals surface area contributed by atoms with Crippen molar-refractivity contribution in [3.8, 4) is 5.75 Å². The zero-order valence-corrected chi connectivity index (χ0v) is 16.5. The predicted molar refractivity (Wildman–Crippen MR) is 106 cm³/mol. The van der Waals surface area contributed by atoms with Crippen LogP contribution in [0.4, 0.5) is 5.69 Å². The molecule has 142 valence electrons. The Labute approximate surface area is 164 Å². The lowest BCUT2D eigenvalue weighted by atomic mass is 10.1. The number of carbonyl (C=O) groups excluding carboxylic acids is 2. The molecular formula is C21H23ClN2O3. The van der Waals surface area contributed by atoms with E-state index in [-0.39, 0.29) is 18.4 Å². The second-order valence-electron chi connectivity index (χ2n) is 6.79. The van der Waals surface area contributed by atoms with E-state index in [1.165, 1.54) is 0 Å². The molecule has 3 rings (SSSR count). The molecule has 2 amide bonds. The van der Waals surface area contributed by atoms with Gasteiger partial charge in [-0.15, -0.1) is 0 Å². The van der Waals surface area contributed by atoms with Gasteiger partial charge in [-0.25, -0.2) is 0 Å². The number of carbonyl (C=O) groups is 2. The molecule has 1 unspecified atom stereocenters. The SMILES string of the molecule is Cc1ccc(N2CCN(C(=O)COc3ccc(Cl)cc3)C(C)C2=O)c(C)c1. The Morgan fingerprint density at radius 3 is 2.52 bits per heavy atom. The number of anilines is 1. The Balaban J connectivity index is 1.65. The molecule has 27 heavy (non-hydrogen) atoms. The first-order chi connectivity index (χ1) is 12.9. The van der Waals surface area contributed by atoms with Crippen molar-refractivity contribution in [2.75, 3.05) is 24.6 Å². The molecule has 0 aromatic heterocycles. The Hall–Kier alpha value is -2.53. The molecule has 1 atom stereocenters. The van der Waals surface area contributed by atoms with Gasteiger partial charge < -0.3 is 14.5 Å². The topological polar surface area (TPSA) is 49.9 Å². The summed E-state index contributed by atoms with van der Waals surface area (Å²) in [6, 6.07) is 12.3. The highest BCUT2D eigenvalue weighted by molar-refractivity contribution is 6.30. The summed E-state index contributed by atoms with van der Waals surface area (Å²) in [4.78, 5) is 28.8. The molecule has 6 heteroatoms. The molecule has 1 heterocycles. The average Bonchev–Trinajstić information content (AvgIpc) is 2.64. The molecule has 0 radical (unpaired) electrons. The van der Waals surface area contributed by atoms with Crippen LogP contribution in [0.25, 0.3) is 0 Å². The van der Waals surface area contributed by atoms with E-state index in [1.807, 2.05) is 26.0 Å². The summed E-state index contributed by atoms with van der Waals surface area (Å²) in [6.45, 7) is 6.63. The van der Waals surface area contributed by atoms with Crippen LogP contribution in [0, 0.1) is 13.8 Å². The van der Waals surface area contributed by atoms with Gasteiger partial charge in [0, 0.05) is 23.8 Å². The molecule has 0 saturated carbocycles. The van der Waals surface area contributed by atoms with Gasteiger partial charge in [-0.05, 0) is 56.7 Å². The fourth-order valence-corrected chi connectivity index (χ4v) is 3.44. The normalized spacial score (nSPS) is 17.2. The summed E-state index contributed by atoms with van der Waals surface area (Å²) in [5.74, 6) is 0.291. The number of ether oxygens (including phenoxy) is 1. The number of piperazine rings is 1. The summed E-state index contributed by atoms with van der Waals surface area (Å²) in [5.41, 5.74) is 3.12. The van der Waals surface area contributed by atoms with Gasteiger partial charge in [0.15, 0.2) is 6.61 Å². The minimum Gasteiger partial charge on any atom is -0.484 e. The second-order valence-corrected chi connectivity index (χ2v) is 7.22. The summed E-state index contributed by atoms with van der Waals surface area (Å²) in [5, 5.41) is 0.607. The second kappa shape index (κ2) is 8.01. The van der Waals surface area contributed by atoms with Gasteiger partial charge in [-0.3, -0.25) is 9.59 Å². The lowest BCUT2D eigenvalue weighted by Gasteiger charge is -2.39. The minimum absolute atomic E-state index is 0.0759. The molecule has 2 aromatic rings. The van der Waals surface area contributed by atoms with Crippen molar-refractivity contribution in [2.24, 2.45) is 0 Å². The fraction of sp³-hybridized carbons (Fsp3) is 0.333. The summed E-state index contributed by atoms with van der Waals surface area (Å²) in [6.07, 6.45) is 0. The third kappa shape index (κ3) is 4.25. The van der Waals surface area contributed by atoms with E-state index in [4.69, 9.17) is 16.3 Å². The van der Waals surface area contributed by atoms with Crippen LogP contribution in [0.1, 0.15) is 18.1 Å². The Morgan fingerprint density at radius 2 is 1.85 bits per heavy atom. The molecule has 1 aliphatic rings. The minimum atomic E-state index is -0.527. The summed E-state index contributed by atoms with van der Waals surface area (Å²) < 4.78 is 5.53. The number of hydrogen-bond donors (Lipinski definition) is 0. The number of benzene rings is 2. The van der Waals surface area contributed by atoms with Crippen LogP contribution in [0.3, 0.4) is 0 Å². The van der Waals surface area contributed by atoms with Crippen LogP contribution in [0.15, 0.2) is 42.5 Å². The summed E-state index contributed by atoms with van der Waals surface area (Å²) in [7, 11) is 0. The smallest absolute Gasteiger partial charge is 0.261 e. The lowest BCUT2D eigenvalue weighted by molar-refractivity contribution is -0.142. The van der Waals surface area contributed by atoms with Gasteiger partial charge in [-0.1, -0.05) is 29.3 Å². The van der Waals surface area contributed by atoms with Crippen molar-refractivity contribution >= 4 is 29.1 Å². The Morgan fingerprint density at radius 1 is 1.15 bits per heavy atom. The van der Waals surface area contributed by atoms with Crippen molar-refractivity contribution in [1.29, 1.82) is 0 Å². The number of amides is 2. The van der Waals surface area contributed by atoms with Crippen LogP contribution in [-0.2, 0) is 9.59 Å². The van der Waals surface area contributed by atoms with E-state index in [9.17, 15) is 9.59 Å². The zero-order chi connectivity index (χ0) is 19.6. The van der Waals surface area contributed by atoms with Gasteiger partial charge >= 0.3 is 0 Å². The lowest BCUT2D eigenvalue weighted by Crippen LogP contribution is -2.58. The van der Waals surface area contributed by atoms with E-state index in [0.29, 0.717) is 23.9 Å². The molecule has 1 aliphatic heterocycles. The molecule has 2 aromatic carbocycles. The third-order valence-electron chi connectivity index (χ3n) is 4.79. The van der Waals surface area contributed by atoms with E-state index in [1.54, 1.807) is 41.0 Å². The van der Waals surface area contributed by atoms with Crippen molar-refractivity contribution in [3.63, 3.8) is 0 Å². The molecule has 5 nitrogen and oxygen atoms in total. The van der Waals surface area contributed by atoms with Gasteiger partial charge in [0.1, 0.15) is 11.8 Å². The van der Waals surface area contributed by atoms with Gasteiger partial charge in [0.25, 0.3) is 5.91 Å². The van der Waals surface area contributed by atoms with Crippen LogP contribution in [0.2, 0.25) is 5.02 Å². The highest BCUT2D eigenvalue weighted by Gasteiger charge is 2.35. The van der Waals surface area contributed by atoms with Gasteiger partial charge in [0.2, 0.25) is 5.91 Å². The number of hydrogen-bond acceptors (Lipinski definition) is 3. The Kier molecular flexibility index (Phi) is 5.71. The highest BCUT2D eigenvalue weighted by atomic mass is 35.5. The largest absolute Gasteiger partial charge is 0.484 e. The van der Waals surface area contributed by atoms with E-state index in [2.05, 4.69) is 6.07 Å². The van der Waals surface area contributed by atoms with Crippen molar-refractivity contribution in [1.82, 2.24) is 4.90 Å². The van der Waals surface area contributed by atoms with Crippen LogP contribution < -0.4 is 9.64 Å². The first-order valence-corrected chi connectivity index (χ1v) is 9.31. The quantitative estimate of drug-likeness (QED) is 0.806.